The second-order valence-electron chi connectivity index (χ2n) is 4.99. The first kappa shape index (κ1) is 15.5. The number of pyridine rings is 1. The Hall–Kier alpha value is -2.03. The molecule has 4 heterocycles. The van der Waals surface area contributed by atoms with Gasteiger partial charge in [-0.15, -0.1) is 32.9 Å². The van der Waals surface area contributed by atoms with Crippen molar-refractivity contribution < 1.29 is 0 Å². The highest BCUT2D eigenvalue weighted by Crippen LogP contribution is 2.29. The van der Waals surface area contributed by atoms with E-state index in [1.165, 1.54) is 0 Å². The van der Waals surface area contributed by atoms with Gasteiger partial charge in [-0.2, -0.15) is 0 Å². The number of thiophene rings is 1. The Bertz CT molecular complexity index is 928. The van der Waals surface area contributed by atoms with Crippen LogP contribution < -0.4 is 0 Å². The molecule has 120 valence electrons. The molecule has 8 heteroatoms. The molecular weight excluding hydrogens is 358 g/mol. The van der Waals surface area contributed by atoms with E-state index in [2.05, 4.69) is 31.6 Å². The van der Waals surface area contributed by atoms with Gasteiger partial charge in [-0.1, -0.05) is 23.9 Å². The molecule has 0 unspecified atom stereocenters. The highest BCUT2D eigenvalue weighted by molar-refractivity contribution is 7.98. The molecule has 0 aliphatic heterocycles. The molecule has 0 amide bonds. The third-order valence-electron chi connectivity index (χ3n) is 3.36. The zero-order valence-electron chi connectivity index (χ0n) is 12.8. The zero-order valence-corrected chi connectivity index (χ0v) is 15.2. The van der Waals surface area contributed by atoms with Crippen LogP contribution in [0, 0.1) is 0 Å². The van der Waals surface area contributed by atoms with Crippen molar-refractivity contribution in [3.8, 4) is 21.4 Å². The number of rotatable bonds is 5. The summed E-state index contributed by atoms with van der Waals surface area (Å²) >= 11 is 4.93. The van der Waals surface area contributed by atoms with Crippen molar-refractivity contribution in [2.45, 2.75) is 10.9 Å². The van der Waals surface area contributed by atoms with Gasteiger partial charge in [0.25, 0.3) is 0 Å². The molecule has 4 aromatic rings. The smallest absolute Gasteiger partial charge is 0.191 e. The molecule has 5 nitrogen and oxygen atoms in total. The van der Waals surface area contributed by atoms with E-state index in [9.17, 15) is 0 Å². The van der Waals surface area contributed by atoms with Gasteiger partial charge in [-0.05, 0) is 23.6 Å². The third kappa shape index (κ3) is 3.12. The quantitative estimate of drug-likeness (QED) is 0.488. The maximum absolute atomic E-state index is 4.66. The average Bonchev–Trinajstić information content (AvgIpc) is 3.35. The standard InChI is InChI=1S/C16H13N5S3/c1-21-14(13-6-4-8-22-13)19-20-16(21)24-10-11-9-23-15(18-11)12-5-2-3-7-17-12/h2-9H,10H2,1H3. The molecule has 0 fully saturated rings. The van der Waals surface area contributed by atoms with Crippen LogP contribution in [0.1, 0.15) is 5.69 Å². The van der Waals surface area contributed by atoms with Crippen molar-refractivity contribution in [1.82, 2.24) is 24.7 Å². The molecule has 0 aliphatic rings. The molecule has 0 saturated heterocycles. The van der Waals surface area contributed by atoms with Crippen LogP contribution in [-0.4, -0.2) is 24.7 Å². The topological polar surface area (TPSA) is 56.5 Å². The molecule has 0 spiro atoms. The highest BCUT2D eigenvalue weighted by Gasteiger charge is 2.13. The predicted octanol–water partition coefficient (Wildman–Crippen LogP) is 4.35. The second kappa shape index (κ2) is 6.84. The molecule has 4 rings (SSSR count). The lowest BCUT2D eigenvalue weighted by Gasteiger charge is -2.01. The summed E-state index contributed by atoms with van der Waals surface area (Å²) in [7, 11) is 2.00. The van der Waals surface area contributed by atoms with E-state index in [-0.39, 0.29) is 0 Å². The van der Waals surface area contributed by atoms with Crippen LogP contribution in [0.3, 0.4) is 0 Å². The minimum Gasteiger partial charge on any atom is -0.304 e. The van der Waals surface area contributed by atoms with Crippen LogP contribution in [0.5, 0.6) is 0 Å². The fourth-order valence-electron chi connectivity index (χ4n) is 2.18. The van der Waals surface area contributed by atoms with Gasteiger partial charge in [-0.3, -0.25) is 4.98 Å². The SMILES string of the molecule is Cn1c(SCc2csc(-c3ccccn3)n2)nnc1-c1cccs1. The monoisotopic (exact) mass is 371 g/mol. The molecule has 24 heavy (non-hydrogen) atoms. The summed E-state index contributed by atoms with van der Waals surface area (Å²) in [5.41, 5.74) is 1.95. The lowest BCUT2D eigenvalue weighted by atomic mass is 10.4. The van der Waals surface area contributed by atoms with Crippen LogP contribution in [-0.2, 0) is 12.8 Å². The first-order valence-electron chi connectivity index (χ1n) is 7.23. The maximum Gasteiger partial charge on any atom is 0.191 e. The van der Waals surface area contributed by atoms with Gasteiger partial charge in [0.15, 0.2) is 11.0 Å². The van der Waals surface area contributed by atoms with E-state index in [4.69, 9.17) is 0 Å². The van der Waals surface area contributed by atoms with Crippen LogP contribution in [0.15, 0.2) is 52.4 Å². The van der Waals surface area contributed by atoms with Gasteiger partial charge in [0.1, 0.15) is 5.01 Å². The Morgan fingerprint density at radius 1 is 1.12 bits per heavy atom. The molecule has 0 atom stereocenters. The average molecular weight is 372 g/mol. The summed E-state index contributed by atoms with van der Waals surface area (Å²) < 4.78 is 2.03. The maximum atomic E-state index is 4.66. The van der Waals surface area contributed by atoms with Crippen molar-refractivity contribution >= 4 is 34.4 Å². The number of thioether (sulfide) groups is 1. The van der Waals surface area contributed by atoms with Gasteiger partial charge in [0.05, 0.1) is 16.3 Å². The van der Waals surface area contributed by atoms with Gasteiger partial charge < -0.3 is 4.57 Å². The van der Waals surface area contributed by atoms with E-state index in [1.54, 1.807) is 40.6 Å². The van der Waals surface area contributed by atoms with Gasteiger partial charge in [0, 0.05) is 24.4 Å². The summed E-state index contributed by atoms with van der Waals surface area (Å²) in [6.45, 7) is 0. The third-order valence-corrected chi connectivity index (χ3v) is 6.19. The zero-order chi connectivity index (χ0) is 16.4. The van der Waals surface area contributed by atoms with E-state index in [1.807, 2.05) is 41.3 Å². The summed E-state index contributed by atoms with van der Waals surface area (Å²) in [6, 6.07) is 9.95. The number of hydrogen-bond donors (Lipinski definition) is 0. The number of aromatic nitrogens is 5. The Balaban J connectivity index is 1.47. The fourth-order valence-corrected chi connectivity index (χ4v) is 4.63. The molecule has 0 bridgehead atoms. The normalized spacial score (nSPS) is 11.0. The molecule has 0 radical (unpaired) electrons. The summed E-state index contributed by atoms with van der Waals surface area (Å²) in [4.78, 5) is 10.1. The molecule has 0 aliphatic carbocycles. The highest BCUT2D eigenvalue weighted by atomic mass is 32.2. The summed E-state index contributed by atoms with van der Waals surface area (Å²) in [5.74, 6) is 1.67. The predicted molar refractivity (Wildman–Crippen MR) is 99.2 cm³/mol. The number of thiazole rings is 1. The van der Waals surface area contributed by atoms with Crippen LogP contribution >= 0.6 is 34.4 Å². The van der Waals surface area contributed by atoms with Gasteiger partial charge in [-0.25, -0.2) is 4.98 Å². The van der Waals surface area contributed by atoms with Crippen molar-refractivity contribution in [1.29, 1.82) is 0 Å². The van der Waals surface area contributed by atoms with E-state index >= 15 is 0 Å². The molecular formula is C16H13N5S3. The van der Waals surface area contributed by atoms with Crippen molar-refractivity contribution in [3.05, 3.63) is 53.0 Å². The Labute approximate surface area is 151 Å². The minimum atomic E-state index is 0.764. The molecule has 0 aromatic carbocycles. The second-order valence-corrected chi connectivity index (χ2v) is 7.74. The Morgan fingerprint density at radius 3 is 2.88 bits per heavy atom. The Morgan fingerprint density at radius 2 is 2.08 bits per heavy atom. The van der Waals surface area contributed by atoms with Gasteiger partial charge >= 0.3 is 0 Å². The van der Waals surface area contributed by atoms with Crippen LogP contribution in [0.25, 0.3) is 21.4 Å². The first-order valence-corrected chi connectivity index (χ1v) is 9.97. The lowest BCUT2D eigenvalue weighted by Crippen LogP contribution is -1.94. The van der Waals surface area contributed by atoms with E-state index < -0.39 is 0 Å². The first-order chi connectivity index (χ1) is 11.8. The van der Waals surface area contributed by atoms with Crippen LogP contribution in [0.2, 0.25) is 0 Å². The molecule has 0 N–H and O–H groups in total. The van der Waals surface area contributed by atoms with Crippen molar-refractivity contribution in [3.63, 3.8) is 0 Å². The van der Waals surface area contributed by atoms with E-state index in [0.29, 0.717) is 0 Å². The minimum absolute atomic E-state index is 0.764. The molecule has 4 aromatic heterocycles. The van der Waals surface area contributed by atoms with Gasteiger partial charge in [0.2, 0.25) is 0 Å². The number of hydrogen-bond acceptors (Lipinski definition) is 7. The van der Waals surface area contributed by atoms with Crippen LogP contribution in [0.4, 0.5) is 0 Å². The van der Waals surface area contributed by atoms with Crippen molar-refractivity contribution in [2.75, 3.05) is 0 Å². The summed E-state index contributed by atoms with van der Waals surface area (Å²) in [5, 5.41) is 14.6. The Kier molecular flexibility index (Phi) is 4.42. The van der Waals surface area contributed by atoms with E-state index in [0.717, 1.165) is 38.0 Å². The number of nitrogens with zero attached hydrogens (tertiary/aromatic N) is 5. The summed E-state index contributed by atoms with van der Waals surface area (Å²) in [6.07, 6.45) is 1.79. The fraction of sp³-hybridized carbons (Fsp3) is 0.125. The van der Waals surface area contributed by atoms with Crippen molar-refractivity contribution in [2.24, 2.45) is 7.05 Å². The molecule has 0 saturated carbocycles. The lowest BCUT2D eigenvalue weighted by molar-refractivity contribution is 0.794. The largest absolute Gasteiger partial charge is 0.304 e.